The van der Waals surface area contributed by atoms with Gasteiger partial charge in [-0.2, -0.15) is 0 Å². The van der Waals surface area contributed by atoms with E-state index < -0.39 is 0 Å². The molecule has 1 aromatic rings. The third kappa shape index (κ3) is 6.22. The highest BCUT2D eigenvalue weighted by molar-refractivity contribution is 5.88. The highest BCUT2D eigenvalue weighted by atomic mass is 35.5. The molecule has 3 N–H and O–H groups in total. The van der Waals surface area contributed by atoms with Crippen LogP contribution in [0.5, 0.6) is 5.75 Å². The highest BCUT2D eigenvalue weighted by Crippen LogP contribution is 2.16. The molecule has 0 atom stereocenters. The molecule has 0 unspecified atom stereocenters. The van der Waals surface area contributed by atoms with Gasteiger partial charge in [0.1, 0.15) is 5.75 Å². The van der Waals surface area contributed by atoms with E-state index in [1.54, 1.807) is 24.3 Å². The lowest BCUT2D eigenvalue weighted by Crippen LogP contribution is -2.10. The highest BCUT2D eigenvalue weighted by Gasteiger charge is 2.04. The van der Waals surface area contributed by atoms with Gasteiger partial charge in [-0.15, -0.1) is 12.4 Å². The number of halogens is 1. The van der Waals surface area contributed by atoms with Crippen LogP contribution in [-0.4, -0.2) is 18.4 Å². The number of anilines is 1. The van der Waals surface area contributed by atoms with Gasteiger partial charge < -0.3 is 15.8 Å². The van der Waals surface area contributed by atoms with Gasteiger partial charge in [0.05, 0.1) is 0 Å². The van der Waals surface area contributed by atoms with Crippen molar-refractivity contribution in [3.8, 4) is 5.75 Å². The average Bonchev–Trinajstić information content (AvgIpc) is 2.28. The molecule has 0 aromatic heterocycles. The Morgan fingerprint density at radius 1 is 1.28 bits per heavy atom. The molecule has 18 heavy (non-hydrogen) atoms. The first-order chi connectivity index (χ1) is 8.11. The zero-order valence-electron chi connectivity index (χ0n) is 10.1. The van der Waals surface area contributed by atoms with E-state index in [9.17, 15) is 9.59 Å². The molecule has 1 rings (SSSR count). The van der Waals surface area contributed by atoms with E-state index >= 15 is 0 Å². The summed E-state index contributed by atoms with van der Waals surface area (Å²) >= 11 is 0. The number of amides is 1. The molecular formula is C12H17ClN2O3. The second kappa shape index (κ2) is 8.49. The fourth-order valence-electron chi connectivity index (χ4n) is 1.24. The number of hydrogen-bond acceptors (Lipinski definition) is 4. The van der Waals surface area contributed by atoms with Gasteiger partial charge in [0, 0.05) is 19.0 Å². The molecule has 0 fully saturated rings. The minimum Gasteiger partial charge on any atom is -0.427 e. The first kappa shape index (κ1) is 16.4. The van der Waals surface area contributed by atoms with E-state index in [4.69, 9.17) is 10.5 Å². The van der Waals surface area contributed by atoms with Crippen LogP contribution in [0, 0.1) is 0 Å². The first-order valence-electron chi connectivity index (χ1n) is 5.40. The second-order valence-electron chi connectivity index (χ2n) is 3.57. The molecule has 0 bridgehead atoms. The fraction of sp³-hybridized carbons (Fsp3) is 0.333. The Morgan fingerprint density at radius 2 is 1.89 bits per heavy atom. The molecule has 100 valence electrons. The van der Waals surface area contributed by atoms with Crippen molar-refractivity contribution in [3.05, 3.63) is 24.3 Å². The molecule has 1 amide bonds. The van der Waals surface area contributed by atoms with Crippen molar-refractivity contribution in [2.75, 3.05) is 11.9 Å². The topological polar surface area (TPSA) is 81.4 Å². The summed E-state index contributed by atoms with van der Waals surface area (Å²) in [4.78, 5) is 22.1. The fourth-order valence-corrected chi connectivity index (χ4v) is 1.24. The minimum atomic E-state index is -0.303. The van der Waals surface area contributed by atoms with Gasteiger partial charge >= 0.3 is 5.97 Å². The normalized spacial score (nSPS) is 9.22. The lowest BCUT2D eigenvalue weighted by Gasteiger charge is -2.05. The van der Waals surface area contributed by atoms with Gasteiger partial charge in [-0.05, 0) is 37.2 Å². The number of esters is 1. The number of ether oxygens (including phenoxy) is 1. The predicted molar refractivity (Wildman–Crippen MR) is 71.9 cm³/mol. The quantitative estimate of drug-likeness (QED) is 0.632. The van der Waals surface area contributed by atoms with Crippen molar-refractivity contribution < 1.29 is 14.3 Å². The van der Waals surface area contributed by atoms with Crippen molar-refractivity contribution in [2.24, 2.45) is 5.73 Å². The summed E-state index contributed by atoms with van der Waals surface area (Å²) in [5.41, 5.74) is 5.95. The van der Waals surface area contributed by atoms with Crippen LogP contribution in [0.25, 0.3) is 0 Å². The van der Waals surface area contributed by atoms with Crippen LogP contribution < -0.4 is 15.8 Å². The number of carbonyl (C=O) groups excluding carboxylic acids is 2. The molecule has 0 radical (unpaired) electrons. The molecule has 6 heteroatoms. The van der Waals surface area contributed by atoms with Crippen molar-refractivity contribution in [2.45, 2.75) is 19.8 Å². The van der Waals surface area contributed by atoms with Crippen LogP contribution in [0.15, 0.2) is 24.3 Å². The van der Waals surface area contributed by atoms with E-state index in [1.807, 2.05) is 0 Å². The van der Waals surface area contributed by atoms with Gasteiger partial charge in [0.25, 0.3) is 0 Å². The van der Waals surface area contributed by atoms with Crippen molar-refractivity contribution in [3.63, 3.8) is 0 Å². The smallest absolute Gasteiger partial charge is 0.311 e. The van der Waals surface area contributed by atoms with Crippen LogP contribution in [0.3, 0.4) is 0 Å². The van der Waals surface area contributed by atoms with E-state index in [0.717, 1.165) is 0 Å². The lowest BCUT2D eigenvalue weighted by molar-refractivity contribution is -0.134. The summed E-state index contributed by atoms with van der Waals surface area (Å²) in [6, 6.07) is 6.61. The second-order valence-corrected chi connectivity index (χ2v) is 3.57. The molecule has 0 saturated heterocycles. The van der Waals surface area contributed by atoms with Crippen molar-refractivity contribution in [1.29, 1.82) is 0 Å². The van der Waals surface area contributed by atoms with Gasteiger partial charge in [-0.3, -0.25) is 9.59 Å². The Balaban J connectivity index is 0.00000289. The summed E-state index contributed by atoms with van der Waals surface area (Å²) in [6.45, 7) is 1.90. The Labute approximate surface area is 112 Å². The van der Waals surface area contributed by atoms with Crippen LogP contribution in [0.1, 0.15) is 19.8 Å². The third-order valence-corrected chi connectivity index (χ3v) is 1.99. The number of nitrogens with one attached hydrogen (secondary N) is 1. The largest absolute Gasteiger partial charge is 0.427 e. The van der Waals surface area contributed by atoms with E-state index in [0.29, 0.717) is 30.8 Å². The zero-order chi connectivity index (χ0) is 12.7. The first-order valence-corrected chi connectivity index (χ1v) is 5.40. The van der Waals surface area contributed by atoms with Crippen LogP contribution in [0.2, 0.25) is 0 Å². The average molecular weight is 273 g/mol. The molecule has 0 aliphatic carbocycles. The molecule has 1 aromatic carbocycles. The predicted octanol–water partition coefficient (Wildman–Crippen LogP) is 1.71. The standard InChI is InChI=1S/C12H16N2O3.ClH/c1-9(15)14-10-4-6-11(7-5-10)17-12(16)3-2-8-13;/h4-7H,2-3,8,13H2,1H3,(H,14,15);1H. The minimum absolute atomic E-state index is 0. The number of hydrogen-bond donors (Lipinski definition) is 2. The summed E-state index contributed by atoms with van der Waals surface area (Å²) < 4.78 is 5.07. The van der Waals surface area contributed by atoms with Gasteiger partial charge in [0.2, 0.25) is 5.91 Å². The van der Waals surface area contributed by atoms with Gasteiger partial charge in [0.15, 0.2) is 0 Å². The van der Waals surface area contributed by atoms with Gasteiger partial charge in [-0.1, -0.05) is 0 Å². The molecule has 0 heterocycles. The van der Waals surface area contributed by atoms with E-state index in [-0.39, 0.29) is 24.3 Å². The maximum absolute atomic E-state index is 11.3. The number of benzene rings is 1. The lowest BCUT2D eigenvalue weighted by atomic mass is 10.3. The summed E-state index contributed by atoms with van der Waals surface area (Å²) in [5.74, 6) is 0.0153. The molecule has 0 aliphatic rings. The Kier molecular flexibility index (Phi) is 7.74. The molecule has 0 aliphatic heterocycles. The molecule has 0 saturated carbocycles. The monoisotopic (exact) mass is 272 g/mol. The van der Waals surface area contributed by atoms with E-state index in [2.05, 4.69) is 5.32 Å². The van der Waals surface area contributed by atoms with Gasteiger partial charge in [-0.25, -0.2) is 0 Å². The third-order valence-electron chi connectivity index (χ3n) is 1.99. The van der Waals surface area contributed by atoms with Crippen LogP contribution in [-0.2, 0) is 9.59 Å². The summed E-state index contributed by atoms with van der Waals surface area (Å²) in [5, 5.41) is 2.62. The number of rotatable bonds is 5. The maximum atomic E-state index is 11.3. The Bertz CT molecular complexity index is 393. The number of nitrogens with two attached hydrogens (primary N) is 1. The Hall–Kier alpha value is -1.59. The van der Waals surface area contributed by atoms with E-state index in [1.165, 1.54) is 6.92 Å². The SMILES string of the molecule is CC(=O)Nc1ccc(OC(=O)CCCN)cc1.Cl. The summed E-state index contributed by atoms with van der Waals surface area (Å²) in [7, 11) is 0. The molecule has 5 nitrogen and oxygen atoms in total. The van der Waals surface area contributed by atoms with Crippen molar-refractivity contribution >= 4 is 30.0 Å². The van der Waals surface area contributed by atoms with Crippen LogP contribution >= 0.6 is 12.4 Å². The summed E-state index contributed by atoms with van der Waals surface area (Å²) in [6.07, 6.45) is 0.923. The van der Waals surface area contributed by atoms with Crippen molar-refractivity contribution in [1.82, 2.24) is 0 Å². The number of carbonyl (C=O) groups is 2. The maximum Gasteiger partial charge on any atom is 0.311 e. The zero-order valence-corrected chi connectivity index (χ0v) is 11.0. The molecular weight excluding hydrogens is 256 g/mol. The van der Waals surface area contributed by atoms with Crippen LogP contribution in [0.4, 0.5) is 5.69 Å². The Morgan fingerprint density at radius 3 is 2.39 bits per heavy atom. The molecule has 0 spiro atoms.